The van der Waals surface area contributed by atoms with Gasteiger partial charge in [0, 0.05) is 5.56 Å². The molecule has 0 unspecified atom stereocenters. The van der Waals surface area contributed by atoms with Crippen LogP contribution in [0.15, 0.2) is 61.4 Å². The first-order chi connectivity index (χ1) is 14.9. The molecule has 158 valence electrons. The van der Waals surface area contributed by atoms with Crippen molar-refractivity contribution in [3.8, 4) is 11.8 Å². The average molecular weight is 425 g/mol. The minimum absolute atomic E-state index is 0.0336. The van der Waals surface area contributed by atoms with Gasteiger partial charge in [0.15, 0.2) is 0 Å². The molecule has 0 fully saturated rings. The summed E-state index contributed by atoms with van der Waals surface area (Å²) in [6, 6.07) is 13.4. The first-order valence-corrected chi connectivity index (χ1v) is 9.62. The van der Waals surface area contributed by atoms with Gasteiger partial charge in [0.1, 0.15) is 40.7 Å². The van der Waals surface area contributed by atoms with Crippen LogP contribution in [0.3, 0.4) is 0 Å². The van der Waals surface area contributed by atoms with Gasteiger partial charge in [-0.3, -0.25) is 0 Å². The van der Waals surface area contributed by atoms with Crippen LogP contribution in [0, 0.1) is 34.6 Å². The highest BCUT2D eigenvalue weighted by atomic mass is 19.1. The minimum atomic E-state index is -0.988. The number of rotatable bonds is 8. The second-order valence-electron chi connectivity index (χ2n) is 7.01. The number of ether oxygens (including phenoxy) is 1. The summed E-state index contributed by atoms with van der Waals surface area (Å²) in [5.41, 5.74) is 0.917. The number of halogens is 4. The van der Waals surface area contributed by atoms with Crippen LogP contribution in [-0.2, 0) is 25.7 Å². The lowest BCUT2D eigenvalue weighted by Gasteiger charge is -2.10. The number of nitriles is 1. The van der Waals surface area contributed by atoms with E-state index in [4.69, 9.17) is 10.00 Å². The van der Waals surface area contributed by atoms with Crippen LogP contribution in [-0.4, -0.2) is 0 Å². The largest absolute Gasteiger partial charge is 0.466 e. The van der Waals surface area contributed by atoms with E-state index in [-0.39, 0.29) is 24.0 Å². The molecule has 3 aromatic carbocycles. The molecule has 0 N–H and O–H groups in total. The standard InChI is InChI=1S/C25H19F4NO/c1-2-31-19-8-5-16(6-9-19)3-4-17-11-22(26)20(23(27)12-17)10-7-18-13-24(28)21(15-30)25(29)14-18/h2,5-6,8-9,11-14H,1,3-4,7,10H2. The first kappa shape index (κ1) is 22.1. The van der Waals surface area contributed by atoms with Gasteiger partial charge in [-0.05, 0) is 78.8 Å². The summed E-state index contributed by atoms with van der Waals surface area (Å²) >= 11 is 0. The van der Waals surface area contributed by atoms with E-state index < -0.39 is 28.8 Å². The summed E-state index contributed by atoms with van der Waals surface area (Å²) in [7, 11) is 0. The molecule has 0 saturated heterocycles. The fourth-order valence-electron chi connectivity index (χ4n) is 3.30. The fraction of sp³-hybridized carbons (Fsp3) is 0.160. The van der Waals surface area contributed by atoms with Gasteiger partial charge in [-0.1, -0.05) is 18.7 Å². The van der Waals surface area contributed by atoms with E-state index >= 15 is 0 Å². The number of nitrogens with zero attached hydrogens (tertiary/aromatic N) is 1. The van der Waals surface area contributed by atoms with Gasteiger partial charge in [-0.15, -0.1) is 0 Å². The molecule has 0 amide bonds. The highest BCUT2D eigenvalue weighted by molar-refractivity contribution is 5.36. The minimum Gasteiger partial charge on any atom is -0.466 e. The SMILES string of the molecule is C=COc1ccc(CCc2cc(F)c(CCc3cc(F)c(C#N)c(F)c3)c(F)c2)cc1. The molecule has 0 saturated carbocycles. The molecule has 0 aliphatic rings. The average Bonchev–Trinajstić information content (AvgIpc) is 2.73. The summed E-state index contributed by atoms with van der Waals surface area (Å²) < 4.78 is 61.6. The molecule has 3 aromatic rings. The Labute approximate surface area is 178 Å². The Hall–Kier alpha value is -3.59. The molecule has 3 rings (SSSR count). The molecule has 0 aliphatic heterocycles. The maximum atomic E-state index is 14.5. The molecule has 0 radical (unpaired) electrons. The normalized spacial score (nSPS) is 10.5. The van der Waals surface area contributed by atoms with Gasteiger partial charge in [-0.2, -0.15) is 5.26 Å². The van der Waals surface area contributed by atoms with Crippen molar-refractivity contribution in [2.75, 3.05) is 0 Å². The van der Waals surface area contributed by atoms with Crippen LogP contribution in [0.2, 0.25) is 0 Å². The van der Waals surface area contributed by atoms with Crippen LogP contribution in [0.4, 0.5) is 17.6 Å². The van der Waals surface area contributed by atoms with Crippen molar-refractivity contribution in [3.63, 3.8) is 0 Å². The maximum Gasteiger partial charge on any atom is 0.144 e. The van der Waals surface area contributed by atoms with Crippen molar-refractivity contribution < 1.29 is 22.3 Å². The quantitative estimate of drug-likeness (QED) is 0.318. The third-order valence-electron chi connectivity index (χ3n) is 4.92. The van der Waals surface area contributed by atoms with E-state index in [1.165, 1.54) is 24.5 Å². The van der Waals surface area contributed by atoms with Crippen molar-refractivity contribution >= 4 is 0 Å². The smallest absolute Gasteiger partial charge is 0.144 e. The zero-order chi connectivity index (χ0) is 22.4. The number of hydrogen-bond acceptors (Lipinski definition) is 2. The third kappa shape index (κ3) is 5.52. The maximum absolute atomic E-state index is 14.5. The summed E-state index contributed by atoms with van der Waals surface area (Å²) in [5, 5.41) is 8.71. The van der Waals surface area contributed by atoms with Crippen LogP contribution in [0.5, 0.6) is 5.75 Å². The van der Waals surface area contributed by atoms with E-state index in [1.807, 2.05) is 12.1 Å². The van der Waals surface area contributed by atoms with Crippen molar-refractivity contribution in [1.29, 1.82) is 5.26 Å². The predicted octanol–water partition coefficient (Wildman–Crippen LogP) is 6.21. The third-order valence-corrected chi connectivity index (χ3v) is 4.92. The molecule has 0 bridgehead atoms. The van der Waals surface area contributed by atoms with Gasteiger partial charge < -0.3 is 4.74 Å². The zero-order valence-electron chi connectivity index (χ0n) is 16.6. The Morgan fingerprint density at radius 2 is 1.23 bits per heavy atom. The number of hydrogen-bond donors (Lipinski definition) is 0. The second-order valence-corrected chi connectivity index (χ2v) is 7.01. The van der Waals surface area contributed by atoms with Gasteiger partial charge in [0.25, 0.3) is 0 Å². The van der Waals surface area contributed by atoms with Crippen molar-refractivity contribution in [2.45, 2.75) is 25.7 Å². The molecule has 6 heteroatoms. The second kappa shape index (κ2) is 9.94. The van der Waals surface area contributed by atoms with E-state index in [9.17, 15) is 17.6 Å². The number of aryl methyl sites for hydroxylation is 3. The van der Waals surface area contributed by atoms with E-state index in [0.29, 0.717) is 24.2 Å². The van der Waals surface area contributed by atoms with Crippen LogP contribution in [0.25, 0.3) is 0 Å². The lowest BCUT2D eigenvalue weighted by atomic mass is 9.98. The summed E-state index contributed by atoms with van der Waals surface area (Å²) in [5.74, 6) is -2.71. The molecule has 0 heterocycles. The molecule has 2 nitrogen and oxygen atoms in total. The van der Waals surface area contributed by atoms with Gasteiger partial charge in [0.05, 0.1) is 6.26 Å². The van der Waals surface area contributed by atoms with Crippen molar-refractivity contribution in [2.24, 2.45) is 0 Å². The Kier molecular flexibility index (Phi) is 7.09. The lowest BCUT2D eigenvalue weighted by Crippen LogP contribution is -2.03. The van der Waals surface area contributed by atoms with E-state index in [0.717, 1.165) is 17.7 Å². The van der Waals surface area contributed by atoms with Crippen LogP contribution < -0.4 is 4.74 Å². The Morgan fingerprint density at radius 1 is 0.742 bits per heavy atom. The van der Waals surface area contributed by atoms with Gasteiger partial charge >= 0.3 is 0 Å². The topological polar surface area (TPSA) is 33.0 Å². The van der Waals surface area contributed by atoms with E-state index in [2.05, 4.69) is 6.58 Å². The molecule has 0 aromatic heterocycles. The predicted molar refractivity (Wildman–Crippen MR) is 110 cm³/mol. The molecule has 0 spiro atoms. The summed E-state index contributed by atoms with van der Waals surface area (Å²) in [6.45, 7) is 3.48. The van der Waals surface area contributed by atoms with E-state index in [1.54, 1.807) is 12.1 Å². The van der Waals surface area contributed by atoms with Crippen molar-refractivity contribution in [1.82, 2.24) is 0 Å². The summed E-state index contributed by atoms with van der Waals surface area (Å²) in [6.07, 6.45) is 2.34. The highest BCUT2D eigenvalue weighted by Crippen LogP contribution is 2.21. The molecular formula is C25H19F4NO. The van der Waals surface area contributed by atoms with Crippen molar-refractivity contribution in [3.05, 3.63) is 112 Å². The Balaban J connectivity index is 1.66. The lowest BCUT2D eigenvalue weighted by molar-refractivity contribution is 0.483. The zero-order valence-corrected chi connectivity index (χ0v) is 16.6. The molecular weight excluding hydrogens is 406 g/mol. The monoisotopic (exact) mass is 425 g/mol. The molecule has 0 atom stereocenters. The number of benzene rings is 3. The summed E-state index contributed by atoms with van der Waals surface area (Å²) in [4.78, 5) is 0. The first-order valence-electron chi connectivity index (χ1n) is 9.62. The highest BCUT2D eigenvalue weighted by Gasteiger charge is 2.14. The molecule has 0 aliphatic carbocycles. The Bertz CT molecular complexity index is 1090. The fourth-order valence-corrected chi connectivity index (χ4v) is 3.30. The van der Waals surface area contributed by atoms with Gasteiger partial charge in [-0.25, -0.2) is 17.6 Å². The molecule has 31 heavy (non-hydrogen) atoms. The van der Waals surface area contributed by atoms with Crippen LogP contribution in [0.1, 0.15) is 27.8 Å². The van der Waals surface area contributed by atoms with Crippen LogP contribution >= 0.6 is 0 Å². The Morgan fingerprint density at radius 3 is 1.74 bits per heavy atom. The van der Waals surface area contributed by atoms with Gasteiger partial charge in [0.2, 0.25) is 0 Å².